The van der Waals surface area contributed by atoms with Crippen molar-refractivity contribution in [2.75, 3.05) is 19.6 Å². The smallest absolute Gasteiger partial charge is 0.243 e. The van der Waals surface area contributed by atoms with Crippen LogP contribution in [0.15, 0.2) is 106 Å². The molecule has 23 nitrogen and oxygen atoms in total. The lowest BCUT2D eigenvalue weighted by Gasteiger charge is -2.29. The number of fused-ring (bicyclic) bond motifs is 2. The summed E-state index contributed by atoms with van der Waals surface area (Å²) in [6, 6.07) is 15.9. The van der Waals surface area contributed by atoms with Gasteiger partial charge in [0, 0.05) is 73.1 Å². The highest BCUT2D eigenvalue weighted by Gasteiger charge is 2.36. The largest absolute Gasteiger partial charge is 0.370 e. The Bertz CT molecular complexity index is 2760. The van der Waals surface area contributed by atoms with E-state index in [4.69, 9.17) is 34.4 Å². The number of para-hydroxylation sites is 2. The molecule has 3 aromatic carbocycles. The van der Waals surface area contributed by atoms with E-state index in [9.17, 15) is 28.8 Å². The maximum absolute atomic E-state index is 14.9. The first-order valence-electron chi connectivity index (χ1n) is 23.8. The van der Waals surface area contributed by atoms with Gasteiger partial charge in [-0.3, -0.25) is 43.7 Å². The molecular formula is C49H65N17O6. The number of carbonyl (C=O) groups is 6. The zero-order valence-corrected chi connectivity index (χ0v) is 39.9. The minimum atomic E-state index is -1.33. The lowest BCUT2D eigenvalue weighted by molar-refractivity contribution is -0.136. The molecule has 23 heteroatoms. The van der Waals surface area contributed by atoms with Crippen molar-refractivity contribution < 1.29 is 28.8 Å². The van der Waals surface area contributed by atoms with Crippen molar-refractivity contribution in [3.05, 3.63) is 108 Å². The predicted molar refractivity (Wildman–Crippen MR) is 275 cm³/mol. The molecule has 0 saturated carbocycles. The van der Waals surface area contributed by atoms with Crippen LogP contribution in [-0.2, 0) is 48.0 Å². The number of aliphatic imine (C=N–C) groups is 3. The van der Waals surface area contributed by atoms with Gasteiger partial charge in [0.2, 0.25) is 35.4 Å². The van der Waals surface area contributed by atoms with Crippen LogP contribution < -0.4 is 66.3 Å². The van der Waals surface area contributed by atoms with Gasteiger partial charge in [-0.2, -0.15) is 0 Å². The molecule has 6 atom stereocenters. The Balaban J connectivity index is 1.45. The highest BCUT2D eigenvalue weighted by molar-refractivity contribution is 5.99. The van der Waals surface area contributed by atoms with E-state index in [1.165, 1.54) is 0 Å². The van der Waals surface area contributed by atoms with Gasteiger partial charge in [-0.25, -0.2) is 0 Å². The molecule has 20 N–H and O–H groups in total. The minimum Gasteiger partial charge on any atom is -0.370 e. The molecule has 0 bridgehead atoms. The van der Waals surface area contributed by atoms with Crippen LogP contribution >= 0.6 is 0 Å². The molecule has 0 radical (unpaired) electrons. The van der Waals surface area contributed by atoms with E-state index >= 15 is 0 Å². The van der Waals surface area contributed by atoms with E-state index in [0.29, 0.717) is 16.7 Å². The number of carbonyl (C=O) groups excluding carboxylic acids is 6. The van der Waals surface area contributed by atoms with E-state index in [-0.39, 0.29) is 95.3 Å². The van der Waals surface area contributed by atoms with E-state index in [2.05, 4.69) is 56.8 Å². The Morgan fingerprint density at radius 3 is 1.06 bits per heavy atom. The Kier molecular flexibility index (Phi) is 18.9. The van der Waals surface area contributed by atoms with Gasteiger partial charge in [0.05, 0.1) is 0 Å². The summed E-state index contributed by atoms with van der Waals surface area (Å²) in [6.07, 6.45) is 3.96. The fourth-order valence-corrected chi connectivity index (χ4v) is 8.47. The molecule has 6 rings (SSSR count). The number of nitrogens with two attached hydrogens (primary N) is 6. The second-order valence-electron chi connectivity index (χ2n) is 17.5. The number of hydrogen-bond acceptors (Lipinski definition) is 9. The second kappa shape index (κ2) is 25.8. The molecule has 1 aliphatic rings. The Hall–Kier alpha value is -8.63. The van der Waals surface area contributed by atoms with Crippen LogP contribution in [0, 0.1) is 0 Å². The molecule has 3 heterocycles. The van der Waals surface area contributed by atoms with Gasteiger partial charge < -0.3 is 76.3 Å². The highest BCUT2D eigenvalue weighted by atomic mass is 16.2. The lowest BCUT2D eigenvalue weighted by Crippen LogP contribution is -2.62. The third-order valence-corrected chi connectivity index (χ3v) is 12.1. The maximum Gasteiger partial charge on any atom is 0.243 e. The van der Waals surface area contributed by atoms with Crippen molar-refractivity contribution >= 4 is 75.1 Å². The number of guanidine groups is 3. The number of benzene rings is 3. The van der Waals surface area contributed by atoms with Crippen LogP contribution in [0.4, 0.5) is 0 Å². The fraction of sp³-hybridized carbons (Fsp3) is 0.367. The van der Waals surface area contributed by atoms with Gasteiger partial charge >= 0.3 is 0 Å². The minimum absolute atomic E-state index is 0.00141. The van der Waals surface area contributed by atoms with Crippen LogP contribution in [0.1, 0.15) is 55.2 Å². The van der Waals surface area contributed by atoms with Crippen molar-refractivity contribution in [3.8, 4) is 0 Å². The zero-order chi connectivity index (χ0) is 51.6. The summed E-state index contributed by atoms with van der Waals surface area (Å²) in [7, 11) is 0. The molecule has 1 aliphatic heterocycles. The molecule has 1 fully saturated rings. The number of H-pyrrole nitrogens is 2. The third-order valence-electron chi connectivity index (χ3n) is 12.1. The quantitative estimate of drug-likeness (QED) is 0.0279. The van der Waals surface area contributed by atoms with Crippen molar-refractivity contribution in [2.45, 2.75) is 94.0 Å². The summed E-state index contributed by atoms with van der Waals surface area (Å²) in [4.78, 5) is 107. The molecule has 5 aromatic rings. The first-order valence-corrected chi connectivity index (χ1v) is 23.8. The van der Waals surface area contributed by atoms with Crippen molar-refractivity contribution in [2.24, 2.45) is 49.4 Å². The summed E-state index contributed by atoms with van der Waals surface area (Å²) in [5.41, 5.74) is 37.1. The van der Waals surface area contributed by atoms with Gasteiger partial charge in [0.1, 0.15) is 36.3 Å². The number of aromatic amines is 2. The molecular weight excluding hydrogens is 923 g/mol. The van der Waals surface area contributed by atoms with E-state index in [1.807, 2.05) is 48.5 Å². The number of hydrogen-bond donors (Lipinski definition) is 14. The van der Waals surface area contributed by atoms with Crippen LogP contribution in [-0.4, -0.2) is 119 Å². The Morgan fingerprint density at radius 2 is 0.694 bits per heavy atom. The van der Waals surface area contributed by atoms with Crippen molar-refractivity contribution in [1.82, 2.24) is 41.9 Å². The topological polar surface area (TPSA) is 399 Å². The number of nitrogens with zero attached hydrogens (tertiary/aromatic N) is 3. The fourth-order valence-electron chi connectivity index (χ4n) is 8.47. The van der Waals surface area contributed by atoms with Crippen LogP contribution in [0.25, 0.3) is 21.8 Å². The molecule has 382 valence electrons. The maximum atomic E-state index is 14.9. The van der Waals surface area contributed by atoms with Crippen LogP contribution in [0.5, 0.6) is 0 Å². The Labute approximate surface area is 415 Å². The van der Waals surface area contributed by atoms with Crippen LogP contribution in [0.3, 0.4) is 0 Å². The molecule has 0 unspecified atom stereocenters. The van der Waals surface area contributed by atoms with Gasteiger partial charge in [0.25, 0.3) is 0 Å². The van der Waals surface area contributed by atoms with Gasteiger partial charge in [-0.15, -0.1) is 0 Å². The van der Waals surface area contributed by atoms with Crippen molar-refractivity contribution in [3.63, 3.8) is 0 Å². The summed E-state index contributed by atoms with van der Waals surface area (Å²) in [5.74, 6) is -4.95. The number of rotatable bonds is 18. The number of aromatic nitrogens is 2. The van der Waals surface area contributed by atoms with E-state index in [0.717, 1.165) is 21.8 Å². The van der Waals surface area contributed by atoms with Crippen molar-refractivity contribution in [1.29, 1.82) is 0 Å². The number of amides is 6. The molecule has 2 aromatic heterocycles. The van der Waals surface area contributed by atoms with Crippen LogP contribution in [0.2, 0.25) is 0 Å². The Morgan fingerprint density at radius 1 is 0.389 bits per heavy atom. The first kappa shape index (κ1) is 52.7. The predicted octanol–water partition coefficient (Wildman–Crippen LogP) is -1.24. The average Bonchev–Trinajstić information content (AvgIpc) is 3.96. The van der Waals surface area contributed by atoms with E-state index < -0.39 is 71.7 Å². The molecule has 72 heavy (non-hydrogen) atoms. The normalized spacial score (nSPS) is 20.4. The average molecular weight is 988 g/mol. The zero-order valence-electron chi connectivity index (χ0n) is 39.9. The SMILES string of the molecule is NC(N)=NCCC[C@@H]1NC(=O)[C@H](Cc2c[nH]c3ccccc23)NC(=O)[C@H](Cc2c[nH]c3ccccc23)NC(=O)[C@@H](CCCN=C(N)N)NC(=O)[C@H](CCCN=C(N)N)NC(=O)[C@H](Cc2ccccc2)NC1=O. The first-order chi connectivity index (χ1) is 34.6. The second-order valence-corrected chi connectivity index (χ2v) is 17.5. The molecule has 1 saturated heterocycles. The van der Waals surface area contributed by atoms with Gasteiger partial charge in [0.15, 0.2) is 17.9 Å². The van der Waals surface area contributed by atoms with E-state index in [1.54, 1.807) is 42.7 Å². The summed E-state index contributed by atoms with van der Waals surface area (Å²) in [5, 5.41) is 18.6. The van der Waals surface area contributed by atoms with Gasteiger partial charge in [-0.1, -0.05) is 66.7 Å². The number of nitrogens with one attached hydrogen (secondary N) is 8. The van der Waals surface area contributed by atoms with Gasteiger partial charge in [-0.05, 0) is 67.3 Å². The molecule has 0 aliphatic carbocycles. The molecule has 0 spiro atoms. The summed E-state index contributed by atoms with van der Waals surface area (Å²) in [6.45, 7) is 0.301. The standard InChI is InChI=1S/C49H65N17O6/c50-47(51)56-20-8-17-35-41(67)61-36(18-9-21-57-48(52)53)43(69)65-40(25-30-27-60-34-16-7-5-14-32(30)34)46(72)66-39(24-29-26-59-33-15-6-4-13-31(29)33)45(71)63-37(19-10-22-58-49(54)55)42(68)64-38(44(70)62-35)23-28-11-2-1-3-12-28/h1-7,11-16,26-27,35-40,59-60H,8-10,17-25H2,(H,61,67)(H,62,70)(H,63,71)(H,64,68)(H,65,69)(H,66,72)(H4,50,51,56)(H4,52,53,57)(H4,54,55,58)/t35-,36+,37-,38-,39-,40-/m0/s1. The monoisotopic (exact) mass is 988 g/mol. The third kappa shape index (κ3) is 15.4. The summed E-state index contributed by atoms with van der Waals surface area (Å²) < 4.78 is 0. The summed E-state index contributed by atoms with van der Waals surface area (Å²) >= 11 is 0. The highest BCUT2D eigenvalue weighted by Crippen LogP contribution is 2.22. The molecule has 6 amide bonds. The lowest BCUT2D eigenvalue weighted by atomic mass is 10.00.